The van der Waals surface area contributed by atoms with Crippen molar-refractivity contribution < 1.29 is 18.7 Å². The van der Waals surface area contributed by atoms with E-state index in [1.54, 1.807) is 43.5 Å². The van der Waals surface area contributed by atoms with Crippen molar-refractivity contribution in [3.05, 3.63) is 53.5 Å². The minimum Gasteiger partial charge on any atom is -0.487 e. The van der Waals surface area contributed by atoms with Gasteiger partial charge in [-0.15, -0.1) is 0 Å². The maximum Gasteiger partial charge on any atom is 0.248 e. The highest BCUT2D eigenvalue weighted by molar-refractivity contribution is 6.32. The zero-order valence-corrected chi connectivity index (χ0v) is 12.8. The lowest BCUT2D eigenvalue weighted by atomic mass is 10.3. The molecule has 22 heavy (non-hydrogen) atoms. The van der Waals surface area contributed by atoms with Gasteiger partial charge < -0.3 is 19.2 Å². The Morgan fingerprint density at radius 3 is 2.91 bits per heavy atom. The third kappa shape index (κ3) is 4.65. The summed E-state index contributed by atoms with van der Waals surface area (Å²) in [6.07, 6.45) is 4.49. The van der Waals surface area contributed by atoms with Gasteiger partial charge in [-0.3, -0.25) is 4.79 Å². The van der Waals surface area contributed by atoms with Gasteiger partial charge >= 0.3 is 0 Å². The zero-order valence-electron chi connectivity index (χ0n) is 12.0. The van der Waals surface area contributed by atoms with E-state index < -0.39 is 0 Å². The van der Waals surface area contributed by atoms with Crippen molar-refractivity contribution in [1.82, 2.24) is 0 Å². The third-order valence-electron chi connectivity index (χ3n) is 2.70. The fraction of sp³-hybridized carbons (Fsp3) is 0.188. The van der Waals surface area contributed by atoms with Crippen molar-refractivity contribution in [2.45, 2.75) is 0 Å². The summed E-state index contributed by atoms with van der Waals surface area (Å²) in [6, 6.07) is 8.64. The first-order chi connectivity index (χ1) is 10.7. The van der Waals surface area contributed by atoms with Gasteiger partial charge in [0.05, 0.1) is 23.6 Å². The summed E-state index contributed by atoms with van der Waals surface area (Å²) < 4.78 is 15.6. The van der Waals surface area contributed by atoms with Crippen LogP contribution in [0.15, 0.2) is 47.1 Å². The molecule has 116 valence electrons. The molecule has 1 aromatic heterocycles. The first kappa shape index (κ1) is 16.1. The number of hydrogen-bond acceptors (Lipinski definition) is 4. The highest BCUT2D eigenvalue weighted by atomic mass is 35.5. The number of halogens is 1. The zero-order chi connectivity index (χ0) is 15.8. The molecule has 0 saturated carbocycles. The molecule has 5 nitrogen and oxygen atoms in total. The number of para-hydroxylation sites is 1. The molecule has 1 aromatic carbocycles. The van der Waals surface area contributed by atoms with E-state index in [4.69, 9.17) is 25.5 Å². The molecule has 0 fully saturated rings. The SMILES string of the molecule is COCCOc1c(Cl)cccc1NC(=O)/C=C/c1ccco1. The summed E-state index contributed by atoms with van der Waals surface area (Å²) >= 11 is 6.10. The Kier molecular flexibility index (Phi) is 6.06. The predicted molar refractivity (Wildman–Crippen MR) is 85.2 cm³/mol. The number of carbonyl (C=O) groups is 1. The number of hydrogen-bond donors (Lipinski definition) is 1. The molecule has 0 aliphatic rings. The largest absolute Gasteiger partial charge is 0.487 e. The van der Waals surface area contributed by atoms with Crippen molar-refractivity contribution in [2.24, 2.45) is 0 Å². The summed E-state index contributed by atoms with van der Waals surface area (Å²) in [5.41, 5.74) is 0.498. The third-order valence-corrected chi connectivity index (χ3v) is 3.00. The van der Waals surface area contributed by atoms with Crippen molar-refractivity contribution >= 4 is 29.3 Å². The van der Waals surface area contributed by atoms with Gasteiger partial charge in [-0.25, -0.2) is 0 Å². The van der Waals surface area contributed by atoms with Crippen molar-refractivity contribution in [1.29, 1.82) is 0 Å². The van der Waals surface area contributed by atoms with Crippen LogP contribution in [0.1, 0.15) is 5.76 Å². The van der Waals surface area contributed by atoms with Crippen LogP contribution in [0.5, 0.6) is 5.75 Å². The normalized spacial score (nSPS) is 10.8. The Balaban J connectivity index is 2.04. The Morgan fingerprint density at radius 2 is 2.18 bits per heavy atom. The van der Waals surface area contributed by atoms with Crippen LogP contribution in [0.4, 0.5) is 5.69 Å². The van der Waals surface area contributed by atoms with E-state index in [1.807, 2.05) is 0 Å². The number of ether oxygens (including phenoxy) is 2. The van der Waals surface area contributed by atoms with Crippen LogP contribution in [0.3, 0.4) is 0 Å². The Hall–Kier alpha value is -2.24. The van der Waals surface area contributed by atoms with Gasteiger partial charge in [0.15, 0.2) is 5.75 Å². The van der Waals surface area contributed by atoms with Gasteiger partial charge in [0.25, 0.3) is 0 Å². The maximum atomic E-state index is 11.9. The van der Waals surface area contributed by atoms with E-state index >= 15 is 0 Å². The van der Waals surface area contributed by atoms with Gasteiger partial charge in [-0.1, -0.05) is 17.7 Å². The van der Waals surface area contributed by atoms with Gasteiger partial charge in [-0.05, 0) is 30.3 Å². The number of rotatable bonds is 7. The van der Waals surface area contributed by atoms with Crippen LogP contribution in [-0.2, 0) is 9.53 Å². The number of anilines is 1. The minimum absolute atomic E-state index is 0.310. The molecule has 0 atom stereocenters. The fourth-order valence-electron chi connectivity index (χ4n) is 1.70. The van der Waals surface area contributed by atoms with Crippen molar-refractivity contribution in [3.8, 4) is 5.75 Å². The predicted octanol–water partition coefficient (Wildman–Crippen LogP) is 3.61. The minimum atomic E-state index is -0.310. The first-order valence-electron chi connectivity index (χ1n) is 6.63. The fourth-order valence-corrected chi connectivity index (χ4v) is 1.93. The van der Waals surface area contributed by atoms with Crippen LogP contribution >= 0.6 is 11.6 Å². The molecule has 0 spiro atoms. The second-order valence-corrected chi connectivity index (χ2v) is 4.70. The van der Waals surface area contributed by atoms with E-state index in [0.717, 1.165) is 0 Å². The summed E-state index contributed by atoms with van der Waals surface area (Å²) in [6.45, 7) is 0.766. The van der Waals surface area contributed by atoms with E-state index in [1.165, 1.54) is 12.3 Å². The van der Waals surface area contributed by atoms with Gasteiger partial charge in [0.2, 0.25) is 5.91 Å². The molecule has 0 saturated heterocycles. The lowest BCUT2D eigenvalue weighted by Crippen LogP contribution is -2.11. The summed E-state index contributed by atoms with van der Waals surface area (Å²) in [5.74, 6) is 0.703. The van der Waals surface area contributed by atoms with Crippen LogP contribution in [0.2, 0.25) is 5.02 Å². The quantitative estimate of drug-likeness (QED) is 0.625. The summed E-state index contributed by atoms with van der Waals surface area (Å²) in [4.78, 5) is 11.9. The van der Waals surface area contributed by atoms with E-state index in [0.29, 0.717) is 35.4 Å². The summed E-state index contributed by atoms with van der Waals surface area (Å²) in [5, 5.41) is 3.14. The number of carbonyl (C=O) groups excluding carboxylic acids is 1. The lowest BCUT2D eigenvalue weighted by Gasteiger charge is -2.13. The second-order valence-electron chi connectivity index (χ2n) is 4.30. The molecular formula is C16H16ClNO4. The van der Waals surface area contributed by atoms with Crippen LogP contribution in [0.25, 0.3) is 6.08 Å². The van der Waals surface area contributed by atoms with E-state index in [-0.39, 0.29) is 5.91 Å². The Labute approximate surface area is 133 Å². The number of furan rings is 1. The number of nitrogens with one attached hydrogen (secondary N) is 1. The van der Waals surface area contributed by atoms with E-state index in [9.17, 15) is 4.79 Å². The highest BCUT2D eigenvalue weighted by Crippen LogP contribution is 2.32. The second kappa shape index (κ2) is 8.26. The number of methoxy groups -OCH3 is 1. The average molecular weight is 322 g/mol. The topological polar surface area (TPSA) is 60.7 Å². The summed E-state index contributed by atoms with van der Waals surface area (Å²) in [7, 11) is 1.58. The molecule has 1 amide bonds. The first-order valence-corrected chi connectivity index (χ1v) is 7.01. The molecule has 1 N–H and O–H groups in total. The molecule has 2 aromatic rings. The molecule has 0 aliphatic heterocycles. The van der Waals surface area contributed by atoms with Crippen molar-refractivity contribution in [2.75, 3.05) is 25.6 Å². The molecular weight excluding hydrogens is 306 g/mol. The van der Waals surface area contributed by atoms with E-state index in [2.05, 4.69) is 5.32 Å². The number of amides is 1. The molecule has 6 heteroatoms. The molecule has 0 radical (unpaired) electrons. The van der Waals surface area contributed by atoms with Crippen molar-refractivity contribution in [3.63, 3.8) is 0 Å². The average Bonchev–Trinajstić information content (AvgIpc) is 3.01. The number of benzene rings is 1. The standard InChI is InChI=1S/C16H16ClNO4/c1-20-10-11-22-16-13(17)5-2-6-14(16)18-15(19)8-7-12-4-3-9-21-12/h2-9H,10-11H2,1H3,(H,18,19)/b8-7+. The van der Waals surface area contributed by atoms with Crippen LogP contribution < -0.4 is 10.1 Å². The molecule has 0 unspecified atom stereocenters. The van der Waals surface area contributed by atoms with Crippen LogP contribution in [0, 0.1) is 0 Å². The molecule has 1 heterocycles. The Bertz CT molecular complexity index is 638. The molecule has 2 rings (SSSR count). The molecule has 0 aliphatic carbocycles. The van der Waals surface area contributed by atoms with Gasteiger partial charge in [0.1, 0.15) is 12.4 Å². The van der Waals surface area contributed by atoms with Gasteiger partial charge in [-0.2, -0.15) is 0 Å². The lowest BCUT2D eigenvalue weighted by molar-refractivity contribution is -0.111. The van der Waals surface area contributed by atoms with Crippen LogP contribution in [-0.4, -0.2) is 26.2 Å². The highest BCUT2D eigenvalue weighted by Gasteiger charge is 2.10. The smallest absolute Gasteiger partial charge is 0.248 e. The monoisotopic (exact) mass is 321 g/mol. The maximum absolute atomic E-state index is 11.9. The van der Waals surface area contributed by atoms with Gasteiger partial charge in [0, 0.05) is 13.2 Å². The Morgan fingerprint density at radius 1 is 1.32 bits per heavy atom. The molecule has 0 bridgehead atoms.